The number of nitrogens with one attached hydrogen (secondary N) is 1. The molecule has 4 rings (SSSR count). The van der Waals surface area contributed by atoms with E-state index in [2.05, 4.69) is 20.3 Å². The third kappa shape index (κ3) is 2.68. The van der Waals surface area contributed by atoms with Crippen LogP contribution in [0, 0.1) is 12.8 Å². The molecule has 0 unspecified atom stereocenters. The Hall–Kier alpha value is -2.41. The van der Waals surface area contributed by atoms with Crippen LogP contribution < -0.4 is 5.32 Å². The minimum Gasteiger partial charge on any atom is -0.302 e. The van der Waals surface area contributed by atoms with Crippen LogP contribution in [0.25, 0.3) is 21.6 Å². The van der Waals surface area contributed by atoms with Crippen LogP contribution in [0.15, 0.2) is 30.6 Å². The molecule has 2 atom stereocenters. The molecule has 3 heterocycles. The molecule has 1 N–H and O–H groups in total. The third-order valence-electron chi connectivity index (χ3n) is 3.85. The van der Waals surface area contributed by atoms with Crippen LogP contribution >= 0.6 is 11.3 Å². The highest BCUT2D eigenvalue weighted by Crippen LogP contribution is 2.35. The number of aryl methyl sites for hydroxylation is 1. The SMILES string of the molecule is Cc1ccncc1-c1ccc2nc(NC(=O)[C@@H]3C[C@@H]3F)sc2n1. The van der Waals surface area contributed by atoms with Gasteiger partial charge in [-0.25, -0.2) is 14.4 Å². The second kappa shape index (κ2) is 5.34. The average molecular weight is 328 g/mol. The molecule has 5 nitrogen and oxygen atoms in total. The Morgan fingerprint density at radius 3 is 2.91 bits per heavy atom. The van der Waals surface area contributed by atoms with Crippen molar-refractivity contribution in [3.05, 3.63) is 36.2 Å². The Morgan fingerprint density at radius 1 is 1.35 bits per heavy atom. The molecule has 1 aliphatic carbocycles. The van der Waals surface area contributed by atoms with Gasteiger partial charge in [0.05, 0.1) is 11.6 Å². The van der Waals surface area contributed by atoms with Gasteiger partial charge in [-0.15, -0.1) is 0 Å². The molecule has 23 heavy (non-hydrogen) atoms. The maximum Gasteiger partial charge on any atom is 0.232 e. The first-order valence-electron chi connectivity index (χ1n) is 7.25. The van der Waals surface area contributed by atoms with E-state index >= 15 is 0 Å². The molecule has 0 bridgehead atoms. The number of thiazole rings is 1. The van der Waals surface area contributed by atoms with Crippen molar-refractivity contribution in [1.29, 1.82) is 0 Å². The molecular weight excluding hydrogens is 315 g/mol. The van der Waals surface area contributed by atoms with E-state index in [0.29, 0.717) is 17.1 Å². The molecule has 0 saturated heterocycles. The molecule has 0 radical (unpaired) electrons. The Kier molecular flexibility index (Phi) is 3.30. The van der Waals surface area contributed by atoms with Crippen LogP contribution in [0.3, 0.4) is 0 Å². The van der Waals surface area contributed by atoms with Gasteiger partial charge in [0, 0.05) is 18.0 Å². The first kappa shape index (κ1) is 14.2. The van der Waals surface area contributed by atoms with Crippen molar-refractivity contribution in [3.8, 4) is 11.3 Å². The predicted molar refractivity (Wildman–Crippen MR) is 87.0 cm³/mol. The second-order valence-electron chi connectivity index (χ2n) is 5.58. The quantitative estimate of drug-likeness (QED) is 0.800. The number of hydrogen-bond donors (Lipinski definition) is 1. The fourth-order valence-corrected chi connectivity index (χ4v) is 3.23. The van der Waals surface area contributed by atoms with E-state index in [1.165, 1.54) is 11.3 Å². The van der Waals surface area contributed by atoms with Crippen molar-refractivity contribution in [1.82, 2.24) is 15.0 Å². The number of carbonyl (C=O) groups excluding carboxylic acids is 1. The number of rotatable bonds is 3. The minimum atomic E-state index is -1.01. The highest BCUT2D eigenvalue weighted by molar-refractivity contribution is 7.22. The van der Waals surface area contributed by atoms with Gasteiger partial charge < -0.3 is 5.32 Å². The van der Waals surface area contributed by atoms with Gasteiger partial charge in [-0.2, -0.15) is 0 Å². The van der Waals surface area contributed by atoms with Crippen LogP contribution in [-0.2, 0) is 4.79 Å². The topological polar surface area (TPSA) is 67.8 Å². The zero-order valence-electron chi connectivity index (χ0n) is 12.3. The average Bonchev–Trinajstić information content (AvgIpc) is 3.13. The monoisotopic (exact) mass is 328 g/mol. The number of halogens is 1. The van der Waals surface area contributed by atoms with Crippen LogP contribution in [0.4, 0.5) is 9.52 Å². The van der Waals surface area contributed by atoms with E-state index in [4.69, 9.17) is 0 Å². The van der Waals surface area contributed by atoms with Crippen molar-refractivity contribution < 1.29 is 9.18 Å². The van der Waals surface area contributed by atoms with Gasteiger partial charge >= 0.3 is 0 Å². The fourth-order valence-electron chi connectivity index (χ4n) is 2.39. The first-order valence-corrected chi connectivity index (χ1v) is 8.07. The number of hydrogen-bond acceptors (Lipinski definition) is 5. The fraction of sp³-hybridized carbons (Fsp3) is 0.250. The lowest BCUT2D eigenvalue weighted by Gasteiger charge is -2.03. The Morgan fingerprint density at radius 2 is 2.17 bits per heavy atom. The predicted octanol–water partition coefficient (Wildman–Crippen LogP) is 3.36. The van der Waals surface area contributed by atoms with Crippen LogP contribution in [0.5, 0.6) is 0 Å². The first-order chi connectivity index (χ1) is 11.1. The number of amides is 1. The number of pyridine rings is 2. The normalized spacial score (nSPS) is 19.7. The lowest BCUT2D eigenvalue weighted by molar-refractivity contribution is -0.117. The summed E-state index contributed by atoms with van der Waals surface area (Å²) in [6.45, 7) is 2.00. The molecule has 3 aromatic rings. The molecule has 1 saturated carbocycles. The van der Waals surface area contributed by atoms with Gasteiger partial charge in [0.1, 0.15) is 16.5 Å². The summed E-state index contributed by atoms with van der Waals surface area (Å²) < 4.78 is 12.9. The molecule has 7 heteroatoms. The van der Waals surface area contributed by atoms with Gasteiger partial charge in [0.25, 0.3) is 0 Å². The molecule has 116 valence electrons. The lowest BCUT2D eigenvalue weighted by Crippen LogP contribution is -2.14. The summed E-state index contributed by atoms with van der Waals surface area (Å²) in [5.41, 5.74) is 3.58. The van der Waals surface area contributed by atoms with Gasteiger partial charge in [-0.3, -0.25) is 9.78 Å². The van der Waals surface area contributed by atoms with Crippen LogP contribution in [-0.4, -0.2) is 27.0 Å². The molecule has 0 aromatic carbocycles. The highest BCUT2D eigenvalue weighted by Gasteiger charge is 2.43. The number of anilines is 1. The maximum absolute atomic E-state index is 12.9. The molecule has 1 fully saturated rings. The maximum atomic E-state index is 12.9. The zero-order valence-corrected chi connectivity index (χ0v) is 13.1. The second-order valence-corrected chi connectivity index (χ2v) is 6.56. The summed E-state index contributed by atoms with van der Waals surface area (Å²) >= 11 is 1.29. The summed E-state index contributed by atoms with van der Waals surface area (Å²) in [5.74, 6) is -0.830. The van der Waals surface area contributed by atoms with Crippen LogP contribution in [0.1, 0.15) is 12.0 Å². The number of aromatic nitrogens is 3. The molecule has 1 aliphatic rings. The van der Waals surface area contributed by atoms with Gasteiger partial charge in [0.2, 0.25) is 5.91 Å². The van der Waals surface area contributed by atoms with E-state index in [1.54, 1.807) is 12.4 Å². The van der Waals surface area contributed by atoms with E-state index in [-0.39, 0.29) is 5.91 Å². The Bertz CT molecular complexity index is 910. The van der Waals surface area contributed by atoms with Gasteiger partial charge in [-0.1, -0.05) is 11.3 Å². The summed E-state index contributed by atoms with van der Waals surface area (Å²) in [6, 6.07) is 5.68. The number of alkyl halides is 1. The lowest BCUT2D eigenvalue weighted by atomic mass is 10.1. The summed E-state index contributed by atoms with van der Waals surface area (Å²) in [7, 11) is 0. The minimum absolute atomic E-state index is 0.305. The number of carbonyl (C=O) groups is 1. The number of nitrogens with zero attached hydrogens (tertiary/aromatic N) is 3. The third-order valence-corrected chi connectivity index (χ3v) is 4.73. The zero-order chi connectivity index (χ0) is 16.0. The Labute approximate surface area is 135 Å². The van der Waals surface area contributed by atoms with Gasteiger partial charge in [0.15, 0.2) is 5.13 Å². The van der Waals surface area contributed by atoms with Crippen molar-refractivity contribution in [2.24, 2.45) is 5.92 Å². The number of fused-ring (bicyclic) bond motifs is 1. The smallest absolute Gasteiger partial charge is 0.232 e. The highest BCUT2D eigenvalue weighted by atomic mass is 32.1. The molecule has 1 amide bonds. The molecule has 0 aliphatic heterocycles. The van der Waals surface area contributed by atoms with E-state index in [1.807, 2.05) is 25.1 Å². The van der Waals surface area contributed by atoms with Crippen molar-refractivity contribution in [2.75, 3.05) is 5.32 Å². The van der Waals surface area contributed by atoms with Gasteiger partial charge in [-0.05, 0) is 37.1 Å². The molecule has 0 spiro atoms. The largest absolute Gasteiger partial charge is 0.302 e. The summed E-state index contributed by atoms with van der Waals surface area (Å²) in [5, 5.41) is 3.13. The standard InChI is InChI=1S/C16H13FN4OS/c1-8-4-5-18-7-10(8)12-2-3-13-15(19-12)23-16(20-13)21-14(22)9-6-11(9)17/h2-5,7,9,11H,6H2,1H3,(H,20,21,22)/t9-,11+/m1/s1. The molecule has 3 aromatic heterocycles. The van der Waals surface area contributed by atoms with Crippen LogP contribution in [0.2, 0.25) is 0 Å². The van der Waals surface area contributed by atoms with Crippen molar-refractivity contribution in [3.63, 3.8) is 0 Å². The van der Waals surface area contributed by atoms with E-state index in [9.17, 15) is 9.18 Å². The van der Waals surface area contributed by atoms with Crippen molar-refractivity contribution >= 4 is 32.7 Å². The van der Waals surface area contributed by atoms with E-state index < -0.39 is 12.1 Å². The van der Waals surface area contributed by atoms with Crippen molar-refractivity contribution in [2.45, 2.75) is 19.5 Å². The summed E-state index contributed by atoms with van der Waals surface area (Å²) in [4.78, 5) is 25.6. The van der Waals surface area contributed by atoms with E-state index in [0.717, 1.165) is 21.7 Å². The summed E-state index contributed by atoms with van der Waals surface area (Å²) in [6.07, 6.45) is 2.82. The molecular formula is C16H13FN4OS. The Balaban J connectivity index is 1.64.